The fourth-order valence-electron chi connectivity index (χ4n) is 8.33. The van der Waals surface area contributed by atoms with Crippen LogP contribution in [0.5, 0.6) is 0 Å². The molecule has 3 aliphatic rings. The van der Waals surface area contributed by atoms with Gasteiger partial charge in [-0.2, -0.15) is 0 Å². The van der Waals surface area contributed by atoms with Crippen molar-refractivity contribution in [3.05, 3.63) is 90.5 Å². The Balaban J connectivity index is 1.64. The van der Waals surface area contributed by atoms with Crippen LogP contribution >= 0.6 is 0 Å². The molecule has 0 aromatic heterocycles. The minimum absolute atomic E-state index is 0.102. The second-order valence-electron chi connectivity index (χ2n) is 13.2. The number of hydrogen-bond acceptors (Lipinski definition) is 5. The Labute approximate surface area is 267 Å². The van der Waals surface area contributed by atoms with E-state index in [1.165, 1.54) is 0 Å². The summed E-state index contributed by atoms with van der Waals surface area (Å²) in [7, 11) is 0. The number of carbonyl (C=O) groups excluding carboxylic acids is 3. The van der Waals surface area contributed by atoms with Gasteiger partial charge in [-0.05, 0) is 56.2 Å². The first-order valence-electron chi connectivity index (χ1n) is 16.1. The van der Waals surface area contributed by atoms with E-state index in [2.05, 4.69) is 13.2 Å². The van der Waals surface area contributed by atoms with Gasteiger partial charge in [0, 0.05) is 25.3 Å². The molecule has 45 heavy (non-hydrogen) atoms. The number of nitrogens with zero attached hydrogens (tertiary/aromatic N) is 3. The van der Waals surface area contributed by atoms with Gasteiger partial charge in [-0.15, -0.1) is 13.2 Å². The van der Waals surface area contributed by atoms with Crippen LogP contribution in [0.25, 0.3) is 0 Å². The van der Waals surface area contributed by atoms with E-state index in [1.54, 1.807) is 26.9 Å². The zero-order valence-electron chi connectivity index (χ0n) is 27.2. The smallest absolute Gasteiger partial charge is 0.253 e. The molecule has 0 aliphatic carbocycles. The first kappa shape index (κ1) is 32.6. The van der Waals surface area contributed by atoms with Crippen LogP contribution in [0.1, 0.15) is 50.3 Å². The molecule has 0 radical (unpaired) electrons. The Kier molecular flexibility index (Phi) is 9.11. The van der Waals surface area contributed by atoms with E-state index in [0.29, 0.717) is 25.9 Å². The lowest BCUT2D eigenvalue weighted by atomic mass is 9.62. The number of para-hydroxylation sites is 1. The van der Waals surface area contributed by atoms with Crippen molar-refractivity contribution in [2.45, 2.75) is 77.3 Å². The van der Waals surface area contributed by atoms with Gasteiger partial charge < -0.3 is 24.5 Å². The number of aliphatic hydroxyl groups is 1. The third kappa shape index (κ3) is 5.12. The number of hydrogen-bond donors (Lipinski definition) is 1. The molecule has 3 unspecified atom stereocenters. The monoisotopic (exact) mass is 613 g/mol. The summed E-state index contributed by atoms with van der Waals surface area (Å²) in [5.74, 6) is -2.55. The summed E-state index contributed by atoms with van der Waals surface area (Å²) in [4.78, 5) is 49.5. The van der Waals surface area contributed by atoms with E-state index in [9.17, 15) is 14.7 Å². The van der Waals surface area contributed by atoms with E-state index >= 15 is 4.79 Å². The SMILES string of the molecule is C=CCN(Cc1ccccc1)C(=O)[C@@H]1[C@H]2C(=O)N([C@@H](CC)CO)C(C(=O)N(CC=C)c3c(C)cccc3C)C23CC(C)[C@@]1(C)O3. The van der Waals surface area contributed by atoms with Crippen LogP contribution in [0, 0.1) is 31.6 Å². The minimum atomic E-state index is -1.23. The van der Waals surface area contributed by atoms with Crippen LogP contribution in [0.4, 0.5) is 5.69 Å². The van der Waals surface area contributed by atoms with Crippen molar-refractivity contribution in [2.24, 2.45) is 17.8 Å². The number of amides is 3. The molecule has 8 nitrogen and oxygen atoms in total. The van der Waals surface area contributed by atoms with E-state index in [0.717, 1.165) is 22.4 Å². The number of rotatable bonds is 12. The Morgan fingerprint density at radius 2 is 1.71 bits per heavy atom. The molecule has 0 saturated carbocycles. The predicted octanol–water partition coefficient (Wildman–Crippen LogP) is 4.82. The Bertz CT molecular complexity index is 1450. The highest BCUT2D eigenvalue weighted by Crippen LogP contribution is 2.66. The van der Waals surface area contributed by atoms with Crippen LogP contribution in [0.2, 0.25) is 0 Å². The van der Waals surface area contributed by atoms with Crippen LogP contribution < -0.4 is 4.90 Å². The Morgan fingerprint density at radius 1 is 1.07 bits per heavy atom. The fraction of sp³-hybridized carbons (Fsp3) is 0.486. The second-order valence-corrected chi connectivity index (χ2v) is 13.2. The van der Waals surface area contributed by atoms with Crippen molar-refractivity contribution >= 4 is 23.4 Å². The van der Waals surface area contributed by atoms with Crippen LogP contribution in [-0.4, -0.2) is 75.6 Å². The molecular formula is C37H47N3O5. The van der Waals surface area contributed by atoms with Crippen LogP contribution in [0.15, 0.2) is 73.8 Å². The zero-order valence-corrected chi connectivity index (χ0v) is 27.2. The number of ether oxygens (including phenoxy) is 1. The van der Waals surface area contributed by atoms with E-state index in [-0.39, 0.29) is 36.8 Å². The van der Waals surface area contributed by atoms with E-state index in [4.69, 9.17) is 4.74 Å². The third-order valence-corrected chi connectivity index (χ3v) is 10.5. The van der Waals surface area contributed by atoms with Gasteiger partial charge in [0.05, 0.1) is 30.1 Å². The summed E-state index contributed by atoms with van der Waals surface area (Å²) in [5, 5.41) is 10.5. The summed E-state index contributed by atoms with van der Waals surface area (Å²) in [5.41, 5.74) is 1.41. The molecule has 5 rings (SSSR count). The van der Waals surface area contributed by atoms with Gasteiger partial charge in [-0.1, -0.05) is 74.5 Å². The fourth-order valence-corrected chi connectivity index (χ4v) is 8.33. The van der Waals surface area contributed by atoms with Gasteiger partial charge >= 0.3 is 0 Å². The summed E-state index contributed by atoms with van der Waals surface area (Å²) < 4.78 is 7.00. The van der Waals surface area contributed by atoms with Gasteiger partial charge in [0.15, 0.2) is 0 Å². The molecule has 2 aromatic rings. The quantitative estimate of drug-likeness (QED) is 0.347. The molecule has 3 saturated heterocycles. The van der Waals surface area contributed by atoms with Gasteiger partial charge in [-0.25, -0.2) is 0 Å². The Morgan fingerprint density at radius 3 is 2.29 bits per heavy atom. The molecule has 1 spiro atoms. The molecule has 2 bridgehead atoms. The highest BCUT2D eigenvalue weighted by molar-refractivity contribution is 6.06. The van der Waals surface area contributed by atoms with Crippen LogP contribution in [-0.2, 0) is 25.7 Å². The predicted molar refractivity (Wildman–Crippen MR) is 175 cm³/mol. The van der Waals surface area contributed by atoms with Crippen molar-refractivity contribution in [3.63, 3.8) is 0 Å². The number of carbonyl (C=O) groups is 3. The molecule has 3 amide bonds. The van der Waals surface area contributed by atoms with E-state index < -0.39 is 35.1 Å². The standard InChI is InChI=1S/C37H47N3O5/c1-8-19-38(22-27-17-12-11-13-18-27)33(42)29-30-34(43)40(28(10-3)23-41)32(37(30)21-26(6)36(29,7)45-37)35(44)39(20-9-2)31-24(4)15-14-16-25(31)5/h8-9,11-18,26,28-30,32,41H,1-2,10,19-23H2,3-7H3/t26?,28-,29-,30-,32?,36+,37?/m0/s1. The Hall–Kier alpha value is -3.75. The maximum absolute atomic E-state index is 15.0. The maximum atomic E-state index is 15.0. The lowest BCUT2D eigenvalue weighted by molar-refractivity contribution is -0.154. The maximum Gasteiger partial charge on any atom is 0.253 e. The summed E-state index contributed by atoms with van der Waals surface area (Å²) in [6.45, 7) is 18.2. The molecule has 240 valence electrons. The molecule has 8 heteroatoms. The van der Waals surface area contributed by atoms with Crippen molar-refractivity contribution in [2.75, 3.05) is 24.6 Å². The van der Waals surface area contributed by atoms with Crippen molar-refractivity contribution < 1.29 is 24.2 Å². The summed E-state index contributed by atoms with van der Waals surface area (Å²) >= 11 is 0. The van der Waals surface area contributed by atoms with Crippen molar-refractivity contribution in [1.82, 2.24) is 9.80 Å². The number of likely N-dealkylation sites (tertiary alicyclic amines) is 1. The molecular weight excluding hydrogens is 566 g/mol. The number of fused-ring (bicyclic) bond motifs is 1. The van der Waals surface area contributed by atoms with Crippen molar-refractivity contribution in [1.29, 1.82) is 0 Å². The second kappa shape index (κ2) is 12.6. The lowest BCUT2D eigenvalue weighted by Crippen LogP contribution is -2.59. The minimum Gasteiger partial charge on any atom is -0.394 e. The molecule has 3 fully saturated rings. The normalized spacial score (nSPS) is 28.9. The van der Waals surface area contributed by atoms with Gasteiger partial charge in [-0.3, -0.25) is 14.4 Å². The summed E-state index contributed by atoms with van der Waals surface area (Å²) in [6.07, 6.45) is 4.28. The van der Waals surface area contributed by atoms with Gasteiger partial charge in [0.2, 0.25) is 11.8 Å². The summed E-state index contributed by atoms with van der Waals surface area (Å²) in [6, 6.07) is 14.0. The molecule has 1 N–H and O–H groups in total. The first-order valence-corrected chi connectivity index (χ1v) is 16.1. The van der Waals surface area contributed by atoms with E-state index in [1.807, 2.05) is 83.1 Å². The number of benzene rings is 2. The molecule has 3 heterocycles. The molecule has 7 atom stereocenters. The average Bonchev–Trinajstić information content (AvgIpc) is 3.53. The van der Waals surface area contributed by atoms with Gasteiger partial charge in [0.1, 0.15) is 11.6 Å². The molecule has 3 aliphatic heterocycles. The van der Waals surface area contributed by atoms with Crippen LogP contribution in [0.3, 0.4) is 0 Å². The highest BCUT2D eigenvalue weighted by Gasteiger charge is 2.80. The zero-order chi connectivity index (χ0) is 32.7. The highest BCUT2D eigenvalue weighted by atomic mass is 16.5. The van der Waals surface area contributed by atoms with Crippen molar-refractivity contribution in [3.8, 4) is 0 Å². The van der Waals surface area contributed by atoms with Gasteiger partial charge in [0.25, 0.3) is 5.91 Å². The topological polar surface area (TPSA) is 90.4 Å². The lowest BCUT2D eigenvalue weighted by Gasteiger charge is -2.40. The first-order chi connectivity index (χ1) is 21.5. The average molecular weight is 614 g/mol. The third-order valence-electron chi connectivity index (χ3n) is 10.5. The largest absolute Gasteiger partial charge is 0.394 e. The number of aryl methyl sites for hydroxylation is 2. The molecule has 2 aromatic carbocycles. The number of anilines is 1. The number of aliphatic hydroxyl groups excluding tert-OH is 1.